The maximum atomic E-state index is 12.8. The number of benzene rings is 1. The van der Waals surface area contributed by atoms with Gasteiger partial charge in [0.2, 0.25) is 0 Å². The van der Waals surface area contributed by atoms with Gasteiger partial charge in [0.1, 0.15) is 17.9 Å². The number of aromatic nitrogens is 1. The van der Waals surface area contributed by atoms with E-state index in [1.165, 1.54) is 12.3 Å². The molecular formula is C19H19N3O4. The Bertz CT molecular complexity index is 842. The number of pyridine rings is 1. The van der Waals surface area contributed by atoms with Gasteiger partial charge in [0, 0.05) is 32.3 Å². The Labute approximate surface area is 150 Å². The Kier molecular flexibility index (Phi) is 3.99. The summed E-state index contributed by atoms with van der Waals surface area (Å²) in [5, 5.41) is 9.94. The van der Waals surface area contributed by atoms with Crippen molar-refractivity contribution < 1.29 is 19.4 Å². The van der Waals surface area contributed by atoms with Gasteiger partial charge in [0.05, 0.1) is 0 Å². The fourth-order valence-corrected chi connectivity index (χ4v) is 3.72. The fourth-order valence-electron chi connectivity index (χ4n) is 3.72. The lowest BCUT2D eigenvalue weighted by Crippen LogP contribution is -2.63. The van der Waals surface area contributed by atoms with Crippen LogP contribution in [0.15, 0.2) is 48.7 Å². The summed E-state index contributed by atoms with van der Waals surface area (Å²) in [6.07, 6.45) is 1.73. The van der Waals surface area contributed by atoms with Crippen molar-refractivity contribution in [2.75, 3.05) is 26.2 Å². The lowest BCUT2D eigenvalue weighted by Gasteiger charge is -2.44. The highest BCUT2D eigenvalue weighted by atomic mass is 16.6. The molecule has 2 aliphatic heterocycles. The fraction of sp³-hybridized carbons (Fsp3) is 0.316. The molecule has 26 heavy (non-hydrogen) atoms. The molecule has 1 aromatic carbocycles. The van der Waals surface area contributed by atoms with Gasteiger partial charge in [-0.25, -0.2) is 9.78 Å². The molecule has 2 fully saturated rings. The summed E-state index contributed by atoms with van der Waals surface area (Å²) in [7, 11) is 0. The number of hydrogen-bond donors (Lipinski definition) is 1. The molecule has 1 unspecified atom stereocenters. The van der Waals surface area contributed by atoms with E-state index in [0.29, 0.717) is 26.1 Å². The monoisotopic (exact) mass is 353 g/mol. The van der Waals surface area contributed by atoms with E-state index in [0.717, 1.165) is 5.56 Å². The molecule has 0 radical (unpaired) electrons. The normalized spacial score (nSPS) is 22.1. The number of rotatable bonds is 3. The topological polar surface area (TPSA) is 83.0 Å². The maximum absolute atomic E-state index is 12.8. The van der Waals surface area contributed by atoms with Crippen molar-refractivity contribution in [1.82, 2.24) is 14.8 Å². The van der Waals surface area contributed by atoms with Gasteiger partial charge in [0.25, 0.3) is 5.91 Å². The third-order valence-electron chi connectivity index (χ3n) is 4.99. The first-order valence-corrected chi connectivity index (χ1v) is 8.51. The largest absolute Gasteiger partial charge is 0.505 e. The van der Waals surface area contributed by atoms with E-state index >= 15 is 0 Å². The van der Waals surface area contributed by atoms with Gasteiger partial charge >= 0.3 is 6.09 Å². The lowest BCUT2D eigenvalue weighted by atomic mass is 9.88. The van der Waals surface area contributed by atoms with Crippen molar-refractivity contribution in [3.05, 3.63) is 59.9 Å². The van der Waals surface area contributed by atoms with Gasteiger partial charge in [0.15, 0.2) is 5.69 Å². The third kappa shape index (κ3) is 2.75. The number of hydrogen-bond acceptors (Lipinski definition) is 5. The molecule has 2 aliphatic rings. The van der Waals surface area contributed by atoms with Crippen molar-refractivity contribution >= 4 is 12.0 Å². The molecule has 3 heterocycles. The molecule has 134 valence electrons. The van der Waals surface area contributed by atoms with Gasteiger partial charge in [-0.3, -0.25) is 9.69 Å². The zero-order valence-electron chi connectivity index (χ0n) is 14.2. The minimum Gasteiger partial charge on any atom is -0.505 e. The van der Waals surface area contributed by atoms with Crippen LogP contribution in [0.3, 0.4) is 0 Å². The summed E-state index contributed by atoms with van der Waals surface area (Å²) in [6.45, 7) is 1.34. The average Bonchev–Trinajstić information content (AvgIpc) is 2.98. The molecule has 1 atom stereocenters. The molecular weight excluding hydrogens is 334 g/mol. The van der Waals surface area contributed by atoms with Gasteiger partial charge in [-0.1, -0.05) is 30.3 Å². The summed E-state index contributed by atoms with van der Waals surface area (Å²) in [5.41, 5.74) is 0.503. The number of aromatic hydroxyl groups is 1. The number of ether oxygens (including phenoxy) is 1. The standard InChI is InChI=1S/C19H19N3O4/c23-15-7-4-8-20-16(15)17(24)21-9-10-22-18(25)26-13-19(22,12-21)11-14-5-2-1-3-6-14/h1-8,23H,9-13H2. The van der Waals surface area contributed by atoms with Gasteiger partial charge < -0.3 is 14.7 Å². The van der Waals surface area contributed by atoms with E-state index in [9.17, 15) is 14.7 Å². The molecule has 2 aromatic rings. The predicted octanol–water partition coefficient (Wildman–Crippen LogP) is 1.68. The number of cyclic esters (lactones) is 1. The number of piperazine rings is 1. The SMILES string of the molecule is O=C(c1ncccc1O)N1CCN2C(=O)OCC2(Cc2ccccc2)C1. The van der Waals surface area contributed by atoms with E-state index in [1.807, 2.05) is 30.3 Å². The van der Waals surface area contributed by atoms with Crippen molar-refractivity contribution in [3.8, 4) is 5.75 Å². The first-order valence-electron chi connectivity index (χ1n) is 8.51. The number of amides is 2. The van der Waals surface area contributed by atoms with Crippen LogP contribution in [-0.2, 0) is 11.2 Å². The van der Waals surface area contributed by atoms with Crippen LogP contribution in [0.25, 0.3) is 0 Å². The Balaban J connectivity index is 1.62. The van der Waals surface area contributed by atoms with E-state index in [1.54, 1.807) is 15.9 Å². The van der Waals surface area contributed by atoms with E-state index in [4.69, 9.17) is 4.74 Å². The maximum Gasteiger partial charge on any atom is 0.410 e. The van der Waals surface area contributed by atoms with Crippen LogP contribution >= 0.6 is 0 Å². The van der Waals surface area contributed by atoms with Crippen molar-refractivity contribution in [2.45, 2.75) is 12.0 Å². The Morgan fingerprint density at radius 3 is 2.77 bits per heavy atom. The second-order valence-corrected chi connectivity index (χ2v) is 6.69. The molecule has 7 heteroatoms. The lowest BCUT2D eigenvalue weighted by molar-refractivity contribution is 0.0368. The number of carbonyl (C=O) groups excluding carboxylic acids is 2. The van der Waals surface area contributed by atoms with E-state index in [2.05, 4.69) is 4.98 Å². The minimum absolute atomic E-state index is 0.0288. The van der Waals surface area contributed by atoms with E-state index in [-0.39, 0.29) is 30.1 Å². The van der Waals surface area contributed by atoms with Crippen molar-refractivity contribution in [2.24, 2.45) is 0 Å². The molecule has 1 aromatic heterocycles. The Morgan fingerprint density at radius 2 is 2.00 bits per heavy atom. The van der Waals surface area contributed by atoms with Crippen LogP contribution in [0.1, 0.15) is 16.1 Å². The average molecular weight is 353 g/mol. The second kappa shape index (κ2) is 6.33. The van der Waals surface area contributed by atoms with Crippen LogP contribution in [-0.4, -0.2) is 63.7 Å². The van der Waals surface area contributed by atoms with Crippen LogP contribution < -0.4 is 0 Å². The highest BCUT2D eigenvalue weighted by molar-refractivity contribution is 5.95. The first-order chi connectivity index (χ1) is 12.6. The van der Waals surface area contributed by atoms with Crippen LogP contribution in [0.4, 0.5) is 4.79 Å². The second-order valence-electron chi connectivity index (χ2n) is 6.69. The highest BCUT2D eigenvalue weighted by Gasteiger charge is 2.51. The summed E-state index contributed by atoms with van der Waals surface area (Å²) in [4.78, 5) is 32.4. The van der Waals surface area contributed by atoms with Crippen molar-refractivity contribution in [1.29, 1.82) is 0 Å². The quantitative estimate of drug-likeness (QED) is 0.908. The van der Waals surface area contributed by atoms with Crippen LogP contribution in [0.5, 0.6) is 5.75 Å². The smallest absolute Gasteiger partial charge is 0.410 e. The van der Waals surface area contributed by atoms with E-state index < -0.39 is 5.54 Å². The molecule has 2 saturated heterocycles. The van der Waals surface area contributed by atoms with Crippen molar-refractivity contribution in [3.63, 3.8) is 0 Å². The zero-order chi connectivity index (χ0) is 18.1. The Hall–Kier alpha value is -3.09. The Morgan fingerprint density at radius 1 is 1.19 bits per heavy atom. The third-order valence-corrected chi connectivity index (χ3v) is 4.99. The molecule has 4 rings (SSSR count). The molecule has 0 spiro atoms. The molecule has 0 aliphatic carbocycles. The van der Waals surface area contributed by atoms with Crippen LogP contribution in [0.2, 0.25) is 0 Å². The minimum atomic E-state index is -0.600. The predicted molar refractivity (Wildman–Crippen MR) is 92.7 cm³/mol. The van der Waals surface area contributed by atoms with Gasteiger partial charge in [-0.2, -0.15) is 0 Å². The summed E-state index contributed by atoms with van der Waals surface area (Å²) in [6, 6.07) is 12.9. The molecule has 2 amide bonds. The number of nitrogens with zero attached hydrogens (tertiary/aromatic N) is 3. The highest BCUT2D eigenvalue weighted by Crippen LogP contribution is 2.33. The van der Waals surface area contributed by atoms with Gasteiger partial charge in [-0.05, 0) is 17.7 Å². The molecule has 7 nitrogen and oxygen atoms in total. The summed E-state index contributed by atoms with van der Waals surface area (Å²) < 4.78 is 5.32. The summed E-state index contributed by atoms with van der Waals surface area (Å²) in [5.74, 6) is -0.481. The first kappa shape index (κ1) is 16.4. The zero-order valence-corrected chi connectivity index (χ0v) is 14.2. The van der Waals surface area contributed by atoms with Crippen LogP contribution in [0, 0.1) is 0 Å². The molecule has 1 N–H and O–H groups in total. The van der Waals surface area contributed by atoms with Gasteiger partial charge in [-0.15, -0.1) is 0 Å². The number of fused-ring (bicyclic) bond motifs is 1. The summed E-state index contributed by atoms with van der Waals surface area (Å²) >= 11 is 0. The molecule has 0 saturated carbocycles. The number of carbonyl (C=O) groups is 2. The molecule has 0 bridgehead atoms.